The number of ether oxygens (including phenoxy) is 1. The van der Waals surface area contributed by atoms with Gasteiger partial charge in [0.15, 0.2) is 0 Å². The first kappa shape index (κ1) is 26.5. The zero-order chi connectivity index (χ0) is 25.7. The van der Waals surface area contributed by atoms with E-state index in [1.54, 1.807) is 24.3 Å². The van der Waals surface area contributed by atoms with E-state index in [1.807, 2.05) is 32.6 Å². The standard InChI is InChI=1S/C28H43NO5S/c1-21-9-11-23(12-10-21)35(31,32)33-14-8-7-13-29(24(30)34-25(2,3)4)28-17-22-15-26(5,19-28)18-27(6,16-22)20-28/h9-12,22H,7-8,13-20H2,1-6H3/t22?,26-,27+,28?. The molecule has 4 fully saturated rings. The number of carbonyl (C=O) groups is 1. The van der Waals surface area contributed by atoms with Crippen LogP contribution in [0.1, 0.15) is 91.5 Å². The topological polar surface area (TPSA) is 72.9 Å². The summed E-state index contributed by atoms with van der Waals surface area (Å²) in [4.78, 5) is 15.7. The van der Waals surface area contributed by atoms with Crippen LogP contribution in [0.2, 0.25) is 0 Å². The maximum absolute atomic E-state index is 13.5. The largest absolute Gasteiger partial charge is 0.444 e. The van der Waals surface area contributed by atoms with Gasteiger partial charge in [-0.1, -0.05) is 31.5 Å². The number of aryl methyl sites for hydroxylation is 1. The van der Waals surface area contributed by atoms with E-state index in [1.165, 1.54) is 19.3 Å². The molecular formula is C28H43NO5S. The summed E-state index contributed by atoms with van der Waals surface area (Å²) in [6.07, 6.45) is 7.86. The Hall–Kier alpha value is -1.60. The molecule has 2 unspecified atom stereocenters. The van der Waals surface area contributed by atoms with Crippen LogP contribution < -0.4 is 0 Å². The maximum atomic E-state index is 13.5. The van der Waals surface area contributed by atoms with Gasteiger partial charge in [-0.15, -0.1) is 0 Å². The number of amides is 1. The van der Waals surface area contributed by atoms with E-state index in [0.717, 1.165) is 24.8 Å². The van der Waals surface area contributed by atoms with E-state index < -0.39 is 15.7 Å². The highest BCUT2D eigenvalue weighted by Gasteiger charge is 2.62. The summed E-state index contributed by atoms with van der Waals surface area (Å²) < 4.78 is 36.2. The average molecular weight is 506 g/mol. The average Bonchev–Trinajstić information content (AvgIpc) is 2.66. The molecule has 0 aromatic heterocycles. The van der Waals surface area contributed by atoms with Crippen LogP contribution in [-0.4, -0.2) is 43.7 Å². The van der Waals surface area contributed by atoms with Crippen molar-refractivity contribution in [1.29, 1.82) is 0 Å². The first-order valence-corrected chi connectivity index (χ1v) is 14.5. The normalized spacial score (nSPS) is 32.0. The summed E-state index contributed by atoms with van der Waals surface area (Å²) >= 11 is 0. The van der Waals surface area contributed by atoms with E-state index in [9.17, 15) is 13.2 Å². The molecule has 1 aromatic carbocycles. The second-order valence-electron chi connectivity index (χ2n) is 13.3. The van der Waals surface area contributed by atoms with E-state index in [-0.39, 0.29) is 34.0 Å². The van der Waals surface area contributed by atoms with Crippen LogP contribution in [0.15, 0.2) is 29.2 Å². The molecule has 1 amide bonds. The predicted octanol–water partition coefficient (Wildman–Crippen LogP) is 6.47. The van der Waals surface area contributed by atoms with Crippen LogP contribution in [-0.2, 0) is 19.0 Å². The molecule has 1 aromatic rings. The summed E-state index contributed by atoms with van der Waals surface area (Å²) in [7, 11) is -3.78. The lowest BCUT2D eigenvalue weighted by Crippen LogP contribution is -2.66. The minimum atomic E-state index is -3.78. The molecule has 4 saturated carbocycles. The molecule has 0 N–H and O–H groups in total. The molecule has 4 aliphatic carbocycles. The molecule has 4 bridgehead atoms. The van der Waals surface area contributed by atoms with Gasteiger partial charge in [-0.25, -0.2) is 4.79 Å². The van der Waals surface area contributed by atoms with Crippen LogP contribution in [0.25, 0.3) is 0 Å². The fourth-order valence-corrected chi connectivity index (χ4v) is 8.78. The number of unbranched alkanes of at least 4 members (excludes halogenated alkanes) is 1. The molecule has 196 valence electrons. The summed E-state index contributed by atoms with van der Waals surface area (Å²) in [6.45, 7) is 13.1. The van der Waals surface area contributed by atoms with E-state index in [4.69, 9.17) is 8.92 Å². The van der Waals surface area contributed by atoms with Crippen LogP contribution in [0.4, 0.5) is 4.79 Å². The Labute approximate surface area is 211 Å². The molecule has 4 atom stereocenters. The molecule has 5 rings (SSSR count). The molecule has 0 aliphatic heterocycles. The Kier molecular flexibility index (Phi) is 6.85. The Bertz CT molecular complexity index is 1020. The van der Waals surface area contributed by atoms with Crippen LogP contribution in [0.3, 0.4) is 0 Å². The fraction of sp³-hybridized carbons (Fsp3) is 0.750. The predicted molar refractivity (Wildman–Crippen MR) is 137 cm³/mol. The third kappa shape index (κ3) is 5.87. The van der Waals surface area contributed by atoms with E-state index in [0.29, 0.717) is 25.3 Å². The van der Waals surface area contributed by atoms with E-state index >= 15 is 0 Å². The lowest BCUT2D eigenvalue weighted by atomic mass is 9.42. The number of nitrogens with zero attached hydrogens (tertiary/aromatic N) is 1. The second kappa shape index (κ2) is 9.05. The molecule has 4 aliphatic rings. The van der Waals surface area contributed by atoms with Crippen molar-refractivity contribution in [2.24, 2.45) is 16.7 Å². The van der Waals surface area contributed by atoms with Gasteiger partial charge in [0.1, 0.15) is 5.60 Å². The van der Waals surface area contributed by atoms with E-state index in [2.05, 4.69) is 13.8 Å². The molecule has 6 nitrogen and oxygen atoms in total. The smallest absolute Gasteiger partial charge is 0.410 e. The van der Waals surface area contributed by atoms with Crippen molar-refractivity contribution in [3.63, 3.8) is 0 Å². The quantitative estimate of drug-likeness (QED) is 0.299. The Morgan fingerprint density at radius 3 is 2.14 bits per heavy atom. The summed E-state index contributed by atoms with van der Waals surface area (Å²) in [5.74, 6) is 0.661. The highest BCUT2D eigenvalue weighted by Crippen LogP contribution is 2.67. The summed E-state index contributed by atoms with van der Waals surface area (Å²) in [5, 5.41) is 0. The van der Waals surface area contributed by atoms with Crippen molar-refractivity contribution in [2.75, 3.05) is 13.2 Å². The van der Waals surface area contributed by atoms with Crippen molar-refractivity contribution in [1.82, 2.24) is 4.90 Å². The van der Waals surface area contributed by atoms with Crippen molar-refractivity contribution in [3.8, 4) is 0 Å². The van der Waals surface area contributed by atoms with Crippen molar-refractivity contribution < 1.29 is 22.1 Å². The van der Waals surface area contributed by atoms with Gasteiger partial charge < -0.3 is 9.64 Å². The van der Waals surface area contributed by atoms with Gasteiger partial charge in [-0.05, 0) is 108 Å². The summed E-state index contributed by atoms with van der Waals surface area (Å²) in [6, 6.07) is 6.68. The first-order valence-electron chi connectivity index (χ1n) is 13.1. The molecule has 0 radical (unpaired) electrons. The minimum absolute atomic E-state index is 0.101. The first-order chi connectivity index (χ1) is 16.1. The van der Waals surface area contributed by atoms with Gasteiger partial charge in [0.2, 0.25) is 0 Å². The van der Waals surface area contributed by atoms with Crippen LogP contribution in [0.5, 0.6) is 0 Å². The number of carbonyl (C=O) groups excluding carboxylic acids is 1. The molecule has 0 saturated heterocycles. The number of benzene rings is 1. The van der Waals surface area contributed by atoms with Gasteiger partial charge in [0.25, 0.3) is 10.1 Å². The molecular weight excluding hydrogens is 462 g/mol. The van der Waals surface area contributed by atoms with Gasteiger partial charge in [-0.3, -0.25) is 4.18 Å². The van der Waals surface area contributed by atoms with Gasteiger partial charge in [0.05, 0.1) is 11.5 Å². The lowest BCUT2D eigenvalue weighted by molar-refractivity contribution is -0.157. The second-order valence-corrected chi connectivity index (χ2v) is 14.9. The highest BCUT2D eigenvalue weighted by molar-refractivity contribution is 7.86. The summed E-state index contributed by atoms with van der Waals surface area (Å²) in [5.41, 5.74) is 0.828. The van der Waals surface area contributed by atoms with Crippen molar-refractivity contribution >= 4 is 16.2 Å². The Morgan fingerprint density at radius 2 is 1.60 bits per heavy atom. The van der Waals surface area contributed by atoms with Gasteiger partial charge in [-0.2, -0.15) is 8.42 Å². The molecule has 0 heterocycles. The van der Waals surface area contributed by atoms with Crippen LogP contribution in [0, 0.1) is 23.7 Å². The molecule has 7 heteroatoms. The Balaban J connectivity index is 1.43. The minimum Gasteiger partial charge on any atom is -0.444 e. The SMILES string of the molecule is Cc1ccc(S(=O)(=O)OCCCCN(C(=O)OC(C)(C)C)C23CC4C[C@@](C)(C2)C[C@](C)(C4)C3)cc1. The Morgan fingerprint density at radius 1 is 1.00 bits per heavy atom. The van der Waals surface area contributed by atoms with Crippen molar-refractivity contribution in [2.45, 2.75) is 109 Å². The lowest BCUT2D eigenvalue weighted by Gasteiger charge is -2.67. The monoisotopic (exact) mass is 505 g/mol. The van der Waals surface area contributed by atoms with Gasteiger partial charge in [0, 0.05) is 12.1 Å². The van der Waals surface area contributed by atoms with Crippen LogP contribution >= 0.6 is 0 Å². The van der Waals surface area contributed by atoms with Crippen molar-refractivity contribution in [3.05, 3.63) is 29.8 Å². The third-order valence-electron chi connectivity index (χ3n) is 8.11. The highest BCUT2D eigenvalue weighted by atomic mass is 32.2. The zero-order valence-electron chi connectivity index (χ0n) is 22.4. The number of hydrogen-bond acceptors (Lipinski definition) is 5. The molecule has 0 spiro atoms. The fourth-order valence-electron chi connectivity index (χ4n) is 7.84. The molecule has 35 heavy (non-hydrogen) atoms. The zero-order valence-corrected chi connectivity index (χ0v) is 23.2. The third-order valence-corrected chi connectivity index (χ3v) is 9.43. The number of hydrogen-bond donors (Lipinski definition) is 0. The number of rotatable bonds is 8. The maximum Gasteiger partial charge on any atom is 0.410 e. The van der Waals surface area contributed by atoms with Gasteiger partial charge >= 0.3 is 6.09 Å².